The normalized spacial score (nSPS) is 12.0. The summed E-state index contributed by atoms with van der Waals surface area (Å²) in [5.74, 6) is -1.15. The van der Waals surface area contributed by atoms with E-state index < -0.39 is 12.0 Å². The third-order valence-electron chi connectivity index (χ3n) is 6.07. The predicted molar refractivity (Wildman–Crippen MR) is 123 cm³/mol. The van der Waals surface area contributed by atoms with Gasteiger partial charge in [-0.05, 0) is 44.9 Å². The van der Waals surface area contributed by atoms with Crippen LogP contribution >= 0.6 is 0 Å². The molecule has 2 aromatic rings. The average molecular weight is 442 g/mol. The summed E-state index contributed by atoms with van der Waals surface area (Å²) in [6.07, 6.45) is 0. The molecular weight excluding hydrogens is 408 g/mol. The van der Waals surface area contributed by atoms with E-state index in [1.807, 2.05) is 57.2 Å². The molecule has 2 aromatic carbocycles. The lowest BCUT2D eigenvalue weighted by Crippen LogP contribution is -2.60. The predicted octanol–water partition coefficient (Wildman–Crippen LogP) is 3.71. The zero-order valence-electron chi connectivity index (χ0n) is 19.5. The van der Waals surface area contributed by atoms with Crippen LogP contribution in [0.2, 0.25) is 0 Å². The van der Waals surface area contributed by atoms with Gasteiger partial charge in [0.15, 0.2) is 12.6 Å². The summed E-state index contributed by atoms with van der Waals surface area (Å²) in [6.45, 7) is 8.92. The Bertz CT molecular complexity index is 939. The van der Waals surface area contributed by atoms with E-state index in [-0.39, 0.29) is 29.5 Å². The van der Waals surface area contributed by atoms with Crippen LogP contribution in [0.4, 0.5) is 5.69 Å². The highest BCUT2D eigenvalue weighted by atomic mass is 16.5. The number of anilines is 1. The van der Waals surface area contributed by atoms with Gasteiger partial charge in [-0.1, -0.05) is 42.5 Å². The fourth-order valence-electron chi connectivity index (χ4n) is 3.76. The highest BCUT2D eigenvalue weighted by Gasteiger charge is 2.39. The van der Waals surface area contributed by atoms with Crippen LogP contribution in [0.3, 0.4) is 0 Å². The third kappa shape index (κ3) is 5.95. The summed E-state index contributed by atoms with van der Waals surface area (Å²) >= 11 is 0. The van der Waals surface area contributed by atoms with Crippen LogP contribution in [0.5, 0.6) is 0 Å². The number of benzene rings is 2. The maximum absolute atomic E-state index is 13.2. The molecule has 0 spiro atoms. The van der Waals surface area contributed by atoms with Gasteiger partial charge < -0.3 is 19.3 Å². The Morgan fingerprint density at radius 3 is 2.25 bits per heavy atom. The molecule has 0 heterocycles. The minimum atomic E-state index is -0.542. The van der Waals surface area contributed by atoms with Gasteiger partial charge in [0.25, 0.3) is 5.91 Å². The van der Waals surface area contributed by atoms with Crippen LogP contribution in [0.15, 0.2) is 48.5 Å². The van der Waals surface area contributed by atoms with Crippen LogP contribution in [0.1, 0.15) is 42.3 Å². The molecule has 7 nitrogen and oxygen atoms in total. The smallest absolute Gasteiger partial charge is 0.362 e. The summed E-state index contributed by atoms with van der Waals surface area (Å²) in [4.78, 5) is 38.0. The van der Waals surface area contributed by atoms with Gasteiger partial charge in [0.05, 0.1) is 31.5 Å². The van der Waals surface area contributed by atoms with Crippen LogP contribution in [0.25, 0.3) is 0 Å². The number of quaternary nitrogens is 1. The van der Waals surface area contributed by atoms with Crippen molar-refractivity contribution in [2.75, 3.05) is 32.1 Å². The molecule has 0 aliphatic rings. The Morgan fingerprint density at radius 2 is 1.66 bits per heavy atom. The quantitative estimate of drug-likeness (QED) is 0.449. The number of para-hydroxylation sites is 1. The van der Waals surface area contributed by atoms with E-state index in [2.05, 4.69) is 5.32 Å². The van der Waals surface area contributed by atoms with E-state index in [9.17, 15) is 14.4 Å². The number of carbonyl (C=O) groups is 3. The van der Waals surface area contributed by atoms with Crippen molar-refractivity contribution in [2.24, 2.45) is 0 Å². The number of nitrogens with one attached hydrogen (secondary N) is 1. The van der Waals surface area contributed by atoms with E-state index in [1.165, 1.54) is 7.11 Å². The van der Waals surface area contributed by atoms with Crippen molar-refractivity contribution < 1.29 is 28.3 Å². The molecule has 7 heteroatoms. The Morgan fingerprint density at radius 1 is 1.00 bits per heavy atom. The average Bonchev–Trinajstić information content (AvgIpc) is 2.82. The molecule has 1 N–H and O–H groups in total. The van der Waals surface area contributed by atoms with E-state index in [0.29, 0.717) is 24.3 Å². The standard InChI is InChI=1S/C25H32N2O5/c1-6-27(7-2,16-22(28)32-17-20-13-9-8-10-14-20)19(4)24(29)26-23-18(3)12-11-15-21(23)25(30)31-5/h8-15,19H,6-7,16-17H2,1-5H3/p+1. The number of amides is 1. The number of ether oxygens (including phenoxy) is 2. The Labute approximate surface area is 189 Å². The molecule has 0 saturated heterocycles. The molecule has 1 unspecified atom stereocenters. The molecule has 0 saturated carbocycles. The number of hydrogen-bond donors (Lipinski definition) is 1. The first kappa shape index (κ1) is 25.1. The van der Waals surface area contributed by atoms with Gasteiger partial charge >= 0.3 is 11.9 Å². The lowest BCUT2D eigenvalue weighted by Gasteiger charge is -2.40. The number of likely N-dealkylation sites (N-methyl/N-ethyl adjacent to an activating group) is 1. The lowest BCUT2D eigenvalue weighted by atomic mass is 10.1. The first-order valence-electron chi connectivity index (χ1n) is 10.8. The van der Waals surface area contributed by atoms with Gasteiger partial charge in [-0.3, -0.25) is 4.79 Å². The minimum absolute atomic E-state index is 0.0754. The zero-order chi connectivity index (χ0) is 23.7. The molecule has 0 aromatic heterocycles. The van der Waals surface area contributed by atoms with E-state index >= 15 is 0 Å². The maximum atomic E-state index is 13.2. The van der Waals surface area contributed by atoms with E-state index in [1.54, 1.807) is 19.1 Å². The van der Waals surface area contributed by atoms with Crippen molar-refractivity contribution >= 4 is 23.5 Å². The number of methoxy groups -OCH3 is 1. The van der Waals surface area contributed by atoms with Crippen molar-refractivity contribution in [3.63, 3.8) is 0 Å². The molecule has 0 bridgehead atoms. The monoisotopic (exact) mass is 441 g/mol. The molecule has 0 aliphatic carbocycles. The minimum Gasteiger partial charge on any atom is -0.465 e. The molecular formula is C25H33N2O5+. The van der Waals surface area contributed by atoms with Gasteiger partial charge in [-0.2, -0.15) is 0 Å². The number of carbonyl (C=O) groups excluding carboxylic acids is 3. The molecule has 0 fully saturated rings. The largest absolute Gasteiger partial charge is 0.465 e. The van der Waals surface area contributed by atoms with Gasteiger partial charge in [-0.25, -0.2) is 9.59 Å². The SMILES string of the molecule is CC[N+](CC)(CC(=O)OCc1ccccc1)C(C)C(=O)Nc1c(C)cccc1C(=O)OC. The second-order valence-corrected chi connectivity index (χ2v) is 7.81. The van der Waals surface area contributed by atoms with E-state index in [4.69, 9.17) is 9.47 Å². The van der Waals surface area contributed by atoms with Crippen LogP contribution < -0.4 is 5.32 Å². The zero-order valence-corrected chi connectivity index (χ0v) is 19.5. The number of aryl methyl sites for hydroxylation is 1. The Balaban J connectivity index is 2.16. The number of hydrogen-bond acceptors (Lipinski definition) is 5. The highest BCUT2D eigenvalue weighted by molar-refractivity contribution is 6.03. The second-order valence-electron chi connectivity index (χ2n) is 7.81. The molecule has 0 aliphatic heterocycles. The number of nitrogens with zero attached hydrogens (tertiary/aromatic N) is 1. The molecule has 32 heavy (non-hydrogen) atoms. The van der Waals surface area contributed by atoms with Gasteiger partial charge in [0, 0.05) is 0 Å². The topological polar surface area (TPSA) is 81.7 Å². The Kier molecular flexibility index (Phi) is 8.96. The first-order valence-corrected chi connectivity index (χ1v) is 10.8. The summed E-state index contributed by atoms with van der Waals surface area (Å²) in [6, 6.07) is 14.1. The molecule has 0 radical (unpaired) electrons. The first-order chi connectivity index (χ1) is 15.3. The van der Waals surface area contributed by atoms with Crippen molar-refractivity contribution in [2.45, 2.75) is 40.3 Å². The van der Waals surface area contributed by atoms with E-state index in [0.717, 1.165) is 11.1 Å². The molecule has 1 amide bonds. The highest BCUT2D eigenvalue weighted by Crippen LogP contribution is 2.23. The summed E-state index contributed by atoms with van der Waals surface area (Å²) < 4.78 is 10.6. The fourth-order valence-corrected chi connectivity index (χ4v) is 3.76. The van der Waals surface area contributed by atoms with Crippen LogP contribution in [-0.2, 0) is 25.7 Å². The second kappa shape index (κ2) is 11.4. The van der Waals surface area contributed by atoms with Gasteiger partial charge in [0.1, 0.15) is 6.61 Å². The van der Waals surface area contributed by atoms with Gasteiger partial charge in [-0.15, -0.1) is 0 Å². The summed E-state index contributed by atoms with van der Waals surface area (Å²) in [5, 5.41) is 2.89. The molecule has 1 atom stereocenters. The number of esters is 2. The molecule has 2 rings (SSSR count). The van der Waals surface area contributed by atoms with Crippen molar-refractivity contribution in [3.05, 3.63) is 65.2 Å². The Hall–Kier alpha value is -3.19. The third-order valence-corrected chi connectivity index (χ3v) is 6.07. The van der Waals surface area contributed by atoms with Crippen LogP contribution in [-0.4, -0.2) is 55.1 Å². The van der Waals surface area contributed by atoms with Gasteiger partial charge in [0.2, 0.25) is 0 Å². The van der Waals surface area contributed by atoms with Crippen LogP contribution in [0, 0.1) is 6.92 Å². The number of rotatable bonds is 10. The van der Waals surface area contributed by atoms with Crippen molar-refractivity contribution in [3.8, 4) is 0 Å². The molecule has 172 valence electrons. The fraction of sp³-hybridized carbons (Fsp3) is 0.400. The summed E-state index contributed by atoms with van der Waals surface area (Å²) in [7, 11) is 1.30. The maximum Gasteiger partial charge on any atom is 0.362 e. The summed E-state index contributed by atoms with van der Waals surface area (Å²) in [5.41, 5.74) is 2.38. The van der Waals surface area contributed by atoms with Crippen molar-refractivity contribution in [1.29, 1.82) is 0 Å². The van der Waals surface area contributed by atoms with Crippen molar-refractivity contribution in [1.82, 2.24) is 0 Å². The lowest BCUT2D eigenvalue weighted by molar-refractivity contribution is -0.931.